The van der Waals surface area contributed by atoms with Crippen molar-refractivity contribution in [2.24, 2.45) is 5.10 Å². The number of methoxy groups -OCH3 is 1. The minimum absolute atomic E-state index is 0.485. The van der Waals surface area contributed by atoms with E-state index < -0.39 is 0 Å². The van der Waals surface area contributed by atoms with Crippen molar-refractivity contribution >= 4 is 23.5 Å². The van der Waals surface area contributed by atoms with Crippen LogP contribution >= 0.6 is 12.2 Å². The lowest BCUT2D eigenvalue weighted by Crippen LogP contribution is -2.31. The van der Waals surface area contributed by atoms with E-state index in [1.54, 1.807) is 13.3 Å². The van der Waals surface area contributed by atoms with Gasteiger partial charge in [-0.1, -0.05) is 42.5 Å². The third-order valence-corrected chi connectivity index (χ3v) is 4.26. The molecule has 0 fully saturated rings. The van der Waals surface area contributed by atoms with Gasteiger partial charge in [-0.2, -0.15) is 10.2 Å². The molecule has 0 aliphatic rings. The number of hydrogen-bond acceptors (Lipinski definition) is 4. The second-order valence-electron chi connectivity index (χ2n) is 6.08. The maximum atomic E-state index is 5.35. The molecule has 0 unspecified atom stereocenters. The van der Waals surface area contributed by atoms with Crippen LogP contribution in [0.5, 0.6) is 5.75 Å². The van der Waals surface area contributed by atoms with E-state index in [4.69, 9.17) is 22.1 Å². The van der Waals surface area contributed by atoms with Crippen molar-refractivity contribution in [3.8, 4) is 17.0 Å². The van der Waals surface area contributed by atoms with E-state index in [0.717, 1.165) is 29.1 Å². The molecule has 0 aliphatic heterocycles. The van der Waals surface area contributed by atoms with Crippen LogP contribution in [-0.4, -0.2) is 34.8 Å². The van der Waals surface area contributed by atoms with Crippen molar-refractivity contribution in [2.45, 2.75) is 13.5 Å². The molecule has 2 aromatic carbocycles. The largest absolute Gasteiger partial charge is 0.497 e. The Bertz CT molecular complexity index is 952. The molecule has 3 rings (SSSR count). The van der Waals surface area contributed by atoms with Gasteiger partial charge < -0.3 is 10.1 Å². The van der Waals surface area contributed by atoms with Crippen molar-refractivity contribution in [2.75, 3.05) is 13.7 Å². The van der Waals surface area contributed by atoms with Gasteiger partial charge in [0.1, 0.15) is 11.4 Å². The van der Waals surface area contributed by atoms with Crippen LogP contribution in [0.2, 0.25) is 0 Å². The van der Waals surface area contributed by atoms with E-state index in [1.807, 2.05) is 60.3 Å². The summed E-state index contributed by atoms with van der Waals surface area (Å²) in [6, 6.07) is 18.0. The Balaban J connectivity index is 1.90. The molecule has 0 aliphatic carbocycles. The van der Waals surface area contributed by atoms with Crippen molar-refractivity contribution in [3.63, 3.8) is 0 Å². The molecule has 1 heterocycles. The first kappa shape index (κ1) is 19.6. The quantitative estimate of drug-likeness (QED) is 0.366. The van der Waals surface area contributed by atoms with E-state index >= 15 is 0 Å². The van der Waals surface area contributed by atoms with Crippen molar-refractivity contribution in [3.05, 3.63) is 71.9 Å². The number of ether oxygens (including phenoxy) is 1. The summed E-state index contributed by atoms with van der Waals surface area (Å²) in [4.78, 5) is 0. The van der Waals surface area contributed by atoms with Crippen LogP contribution in [0.3, 0.4) is 0 Å². The molecule has 144 valence electrons. The number of rotatable bonds is 7. The fraction of sp³-hybridized carbons (Fsp3) is 0.190. The van der Waals surface area contributed by atoms with Gasteiger partial charge in [-0.05, 0) is 36.8 Å². The SMILES string of the molecule is CCNC(=S)N/N=C\c1cn(Cc2ccccc2)nc1-c1cccc(OC)c1. The van der Waals surface area contributed by atoms with Gasteiger partial charge in [-0.15, -0.1) is 0 Å². The minimum Gasteiger partial charge on any atom is -0.497 e. The molecule has 0 bridgehead atoms. The topological polar surface area (TPSA) is 63.5 Å². The minimum atomic E-state index is 0.485. The molecule has 0 spiro atoms. The van der Waals surface area contributed by atoms with Gasteiger partial charge in [-0.3, -0.25) is 10.1 Å². The van der Waals surface area contributed by atoms with Crippen molar-refractivity contribution in [1.82, 2.24) is 20.5 Å². The number of nitrogens with zero attached hydrogens (tertiary/aromatic N) is 3. The highest BCUT2D eigenvalue weighted by atomic mass is 32.1. The van der Waals surface area contributed by atoms with Crippen LogP contribution in [0.25, 0.3) is 11.3 Å². The Morgan fingerprint density at radius 1 is 1.21 bits per heavy atom. The number of hydrogen-bond donors (Lipinski definition) is 2. The molecule has 3 aromatic rings. The number of thiocarbonyl (C=S) groups is 1. The van der Waals surface area contributed by atoms with Gasteiger partial charge in [0, 0.05) is 23.9 Å². The Labute approximate surface area is 170 Å². The second-order valence-corrected chi connectivity index (χ2v) is 6.49. The number of hydrazone groups is 1. The zero-order valence-corrected chi connectivity index (χ0v) is 16.7. The molecule has 0 saturated heterocycles. The van der Waals surface area contributed by atoms with Crippen LogP contribution in [0.15, 0.2) is 65.9 Å². The maximum absolute atomic E-state index is 5.35. The molecule has 28 heavy (non-hydrogen) atoms. The first-order valence-corrected chi connectivity index (χ1v) is 9.43. The number of aromatic nitrogens is 2. The third kappa shape index (κ3) is 5.17. The summed E-state index contributed by atoms with van der Waals surface area (Å²) in [7, 11) is 1.65. The first-order chi connectivity index (χ1) is 13.7. The average Bonchev–Trinajstić information content (AvgIpc) is 3.11. The summed E-state index contributed by atoms with van der Waals surface area (Å²) in [5.74, 6) is 0.782. The first-order valence-electron chi connectivity index (χ1n) is 9.02. The smallest absolute Gasteiger partial charge is 0.186 e. The van der Waals surface area contributed by atoms with Crippen LogP contribution in [0.4, 0.5) is 0 Å². The molecule has 1 aromatic heterocycles. The highest BCUT2D eigenvalue weighted by Gasteiger charge is 2.11. The molecule has 0 amide bonds. The van der Waals surface area contributed by atoms with E-state index in [2.05, 4.69) is 28.0 Å². The monoisotopic (exact) mass is 393 g/mol. The lowest BCUT2D eigenvalue weighted by Gasteiger charge is -2.04. The predicted molar refractivity (Wildman–Crippen MR) is 117 cm³/mol. The van der Waals surface area contributed by atoms with E-state index in [9.17, 15) is 0 Å². The molecule has 0 radical (unpaired) electrons. The number of nitrogens with one attached hydrogen (secondary N) is 2. The lowest BCUT2D eigenvalue weighted by atomic mass is 10.1. The number of benzene rings is 2. The fourth-order valence-electron chi connectivity index (χ4n) is 2.74. The molecular formula is C21H23N5OS. The molecule has 6 nitrogen and oxygen atoms in total. The van der Waals surface area contributed by atoms with Gasteiger partial charge in [0.25, 0.3) is 0 Å². The lowest BCUT2D eigenvalue weighted by molar-refractivity contribution is 0.415. The molecule has 2 N–H and O–H groups in total. The third-order valence-electron chi connectivity index (χ3n) is 4.03. The fourth-order valence-corrected chi connectivity index (χ4v) is 2.94. The molecule has 7 heteroatoms. The second kappa shape index (κ2) is 9.66. The molecule has 0 atom stereocenters. The highest BCUT2D eigenvalue weighted by Crippen LogP contribution is 2.25. The Morgan fingerprint density at radius 3 is 2.79 bits per heavy atom. The molecule has 0 saturated carbocycles. The Morgan fingerprint density at radius 2 is 2.04 bits per heavy atom. The predicted octanol–water partition coefficient (Wildman–Crippen LogP) is 3.42. The Hall–Kier alpha value is -3.19. The van der Waals surface area contributed by atoms with Gasteiger partial charge in [0.05, 0.1) is 19.9 Å². The van der Waals surface area contributed by atoms with Crippen LogP contribution in [0.1, 0.15) is 18.1 Å². The summed E-state index contributed by atoms with van der Waals surface area (Å²) in [6.07, 6.45) is 3.70. The van der Waals surface area contributed by atoms with Crippen LogP contribution in [-0.2, 0) is 6.54 Å². The van der Waals surface area contributed by atoms with Gasteiger partial charge >= 0.3 is 0 Å². The average molecular weight is 394 g/mol. The van der Waals surface area contributed by atoms with Crippen molar-refractivity contribution < 1.29 is 4.74 Å². The van der Waals surface area contributed by atoms with Crippen LogP contribution in [0, 0.1) is 0 Å². The Kier molecular flexibility index (Phi) is 6.75. The van der Waals surface area contributed by atoms with Crippen LogP contribution < -0.4 is 15.5 Å². The van der Waals surface area contributed by atoms with Gasteiger partial charge in [0.2, 0.25) is 0 Å². The summed E-state index contributed by atoms with van der Waals surface area (Å²) < 4.78 is 7.26. The normalized spacial score (nSPS) is 10.8. The summed E-state index contributed by atoms with van der Waals surface area (Å²) in [5, 5.41) is 12.5. The van der Waals surface area contributed by atoms with E-state index in [0.29, 0.717) is 11.7 Å². The summed E-state index contributed by atoms with van der Waals surface area (Å²) in [6.45, 7) is 3.40. The highest BCUT2D eigenvalue weighted by molar-refractivity contribution is 7.80. The maximum Gasteiger partial charge on any atom is 0.186 e. The summed E-state index contributed by atoms with van der Waals surface area (Å²) in [5.41, 5.74) is 6.67. The zero-order chi connectivity index (χ0) is 19.8. The zero-order valence-electron chi connectivity index (χ0n) is 15.9. The standard InChI is InChI=1S/C21H23N5OS/c1-3-22-21(28)24-23-13-18-15-26(14-16-8-5-4-6-9-16)25-20(18)17-10-7-11-19(12-17)27-2/h4-13,15H,3,14H2,1-2H3,(H2,22,24,28)/b23-13-. The van der Waals surface area contributed by atoms with E-state index in [-0.39, 0.29) is 0 Å². The molecular weight excluding hydrogens is 370 g/mol. The van der Waals surface area contributed by atoms with E-state index in [1.165, 1.54) is 5.56 Å². The van der Waals surface area contributed by atoms with Gasteiger partial charge in [0.15, 0.2) is 5.11 Å². The summed E-state index contributed by atoms with van der Waals surface area (Å²) >= 11 is 5.15. The van der Waals surface area contributed by atoms with Gasteiger partial charge in [-0.25, -0.2) is 0 Å². The van der Waals surface area contributed by atoms with Crippen molar-refractivity contribution in [1.29, 1.82) is 0 Å².